The van der Waals surface area contributed by atoms with Gasteiger partial charge < -0.3 is 20.3 Å². The van der Waals surface area contributed by atoms with Crippen LogP contribution in [-0.4, -0.2) is 64.5 Å². The minimum absolute atomic E-state index is 0.00306. The van der Waals surface area contributed by atoms with E-state index in [2.05, 4.69) is 16.0 Å². The van der Waals surface area contributed by atoms with Crippen molar-refractivity contribution < 1.29 is 32.3 Å². The van der Waals surface area contributed by atoms with Crippen LogP contribution < -0.4 is 20.3 Å². The Balaban J connectivity index is 1.59. The molecule has 2 heterocycles. The Hall–Kier alpha value is -4.43. The maximum atomic E-state index is 13.2. The molecule has 0 fully saturated rings. The number of nitrogens with one attached hydrogen (secondary N) is 3. The van der Waals surface area contributed by atoms with Gasteiger partial charge in [-0.3, -0.25) is 19.2 Å². The fraction of sp³-hybridized carbons (Fsp3) is 0.259. The molecule has 0 aliphatic carbocycles. The van der Waals surface area contributed by atoms with Crippen LogP contribution in [0.3, 0.4) is 0 Å². The van der Waals surface area contributed by atoms with Gasteiger partial charge in [-0.1, -0.05) is 18.2 Å². The van der Waals surface area contributed by atoms with E-state index in [0.717, 1.165) is 15.6 Å². The van der Waals surface area contributed by atoms with Crippen molar-refractivity contribution in [3.8, 4) is 0 Å². The Labute approximate surface area is 241 Å². The molecule has 0 spiro atoms. The Bertz CT molecular complexity index is 1570. The van der Waals surface area contributed by atoms with Crippen molar-refractivity contribution >= 4 is 56.0 Å². The van der Waals surface area contributed by atoms with Crippen molar-refractivity contribution in [1.29, 1.82) is 0 Å². The number of sulfonamides is 1. The highest BCUT2D eigenvalue weighted by Gasteiger charge is 2.31. The fourth-order valence-corrected chi connectivity index (χ4v) is 6.67. The van der Waals surface area contributed by atoms with Crippen molar-refractivity contribution in [3.05, 3.63) is 76.2 Å². The molecule has 14 heteroatoms. The molecule has 2 aromatic carbocycles. The highest BCUT2D eigenvalue weighted by molar-refractivity contribution is 7.92. The third-order valence-electron chi connectivity index (χ3n) is 6.39. The summed E-state index contributed by atoms with van der Waals surface area (Å²) in [5.41, 5.74) is 1.40. The number of urea groups is 1. The maximum absolute atomic E-state index is 13.2. The van der Waals surface area contributed by atoms with Crippen molar-refractivity contribution in [3.63, 3.8) is 0 Å². The van der Waals surface area contributed by atoms with Gasteiger partial charge in [0.15, 0.2) is 0 Å². The number of hydrogen-bond acceptors (Lipinski definition) is 8. The van der Waals surface area contributed by atoms with Gasteiger partial charge >= 0.3 is 12.1 Å². The summed E-state index contributed by atoms with van der Waals surface area (Å²) in [5, 5.41) is 7.47. The zero-order valence-electron chi connectivity index (χ0n) is 22.6. The number of para-hydroxylation sites is 1. The molecule has 0 bridgehead atoms. The van der Waals surface area contributed by atoms with Crippen molar-refractivity contribution in [2.45, 2.75) is 24.8 Å². The number of nitrogens with zero attached hydrogens (tertiary/aromatic N) is 2. The number of anilines is 2. The van der Waals surface area contributed by atoms with Crippen LogP contribution in [-0.2, 0) is 27.7 Å². The van der Waals surface area contributed by atoms with E-state index in [0.29, 0.717) is 29.1 Å². The second-order valence-electron chi connectivity index (χ2n) is 8.90. The van der Waals surface area contributed by atoms with Gasteiger partial charge in [0, 0.05) is 31.1 Å². The Morgan fingerprint density at radius 2 is 1.71 bits per heavy atom. The highest BCUT2D eigenvalue weighted by atomic mass is 32.2. The summed E-state index contributed by atoms with van der Waals surface area (Å²) in [6, 6.07) is 13.3. The molecule has 41 heavy (non-hydrogen) atoms. The SMILES string of the molecule is CCOC(=O)N1CCc2c(sc(NC(=O)c3ccc(S(=O)(=O)N(C)c4ccccc4)cc3)c2C(=O)NC(=O)NC)C1. The van der Waals surface area contributed by atoms with Gasteiger partial charge in [-0.25, -0.2) is 18.0 Å². The number of ether oxygens (including phenoxy) is 1. The molecule has 0 saturated carbocycles. The fourth-order valence-electron chi connectivity index (χ4n) is 4.22. The number of benzene rings is 2. The van der Waals surface area contributed by atoms with E-state index in [4.69, 9.17) is 4.74 Å². The summed E-state index contributed by atoms with van der Waals surface area (Å²) in [5.74, 6) is -1.28. The van der Waals surface area contributed by atoms with Gasteiger partial charge in [0.2, 0.25) is 0 Å². The molecule has 4 rings (SSSR count). The quantitative estimate of drug-likeness (QED) is 0.376. The lowest BCUT2D eigenvalue weighted by molar-refractivity contribution is 0.0963. The topological polar surface area (TPSA) is 154 Å². The largest absolute Gasteiger partial charge is 0.450 e. The second kappa shape index (κ2) is 12.4. The Morgan fingerprint density at radius 3 is 2.34 bits per heavy atom. The molecule has 1 aromatic heterocycles. The van der Waals surface area contributed by atoms with Gasteiger partial charge in [-0.2, -0.15) is 0 Å². The Morgan fingerprint density at radius 1 is 1.02 bits per heavy atom. The number of thiophene rings is 1. The monoisotopic (exact) mass is 599 g/mol. The summed E-state index contributed by atoms with van der Waals surface area (Å²) in [4.78, 5) is 52.5. The molecular formula is C27H29N5O7S2. The van der Waals surface area contributed by atoms with E-state index in [1.54, 1.807) is 37.3 Å². The zero-order valence-corrected chi connectivity index (χ0v) is 24.2. The van der Waals surface area contributed by atoms with Gasteiger partial charge in [0.1, 0.15) is 5.00 Å². The first-order chi connectivity index (χ1) is 19.6. The number of amides is 5. The molecule has 216 valence electrons. The maximum Gasteiger partial charge on any atom is 0.410 e. The predicted octanol–water partition coefficient (Wildman–Crippen LogP) is 3.41. The first kappa shape index (κ1) is 29.6. The minimum atomic E-state index is -3.87. The van der Waals surface area contributed by atoms with E-state index in [9.17, 15) is 27.6 Å². The molecule has 5 amide bonds. The number of carbonyl (C=O) groups excluding carboxylic acids is 4. The average molecular weight is 600 g/mol. The summed E-state index contributed by atoms with van der Waals surface area (Å²) in [6.45, 7) is 2.40. The standard InChI is InChI=1S/C27H29N5O7S2/c1-4-39-27(36)32-15-14-20-21(16-32)40-25(22(20)24(34)30-26(35)28-2)29-23(33)17-10-12-19(13-11-17)41(37,38)31(3)18-8-6-5-7-9-18/h5-13H,4,14-16H2,1-3H3,(H,29,33)(H2,28,30,34,35). The summed E-state index contributed by atoms with van der Waals surface area (Å²) < 4.78 is 32.4. The van der Waals surface area contributed by atoms with Gasteiger partial charge in [-0.15, -0.1) is 11.3 Å². The normalized spacial score (nSPS) is 12.6. The van der Waals surface area contributed by atoms with Crippen LogP contribution in [0.2, 0.25) is 0 Å². The van der Waals surface area contributed by atoms with Crippen LogP contribution in [0.25, 0.3) is 0 Å². The molecule has 0 radical (unpaired) electrons. The van der Waals surface area contributed by atoms with Crippen LogP contribution in [0, 0.1) is 0 Å². The highest BCUT2D eigenvalue weighted by Crippen LogP contribution is 2.37. The van der Waals surface area contributed by atoms with E-state index in [-0.39, 0.29) is 34.2 Å². The van der Waals surface area contributed by atoms with E-state index >= 15 is 0 Å². The number of carbonyl (C=O) groups is 4. The molecule has 3 N–H and O–H groups in total. The number of fused-ring (bicyclic) bond motifs is 1. The van der Waals surface area contributed by atoms with Gasteiger partial charge in [0.05, 0.1) is 29.3 Å². The predicted molar refractivity (Wildman–Crippen MR) is 154 cm³/mol. The van der Waals surface area contributed by atoms with E-state index in [1.807, 2.05) is 0 Å². The van der Waals surface area contributed by atoms with Crippen molar-refractivity contribution in [2.75, 3.05) is 36.9 Å². The molecule has 0 atom stereocenters. The molecular weight excluding hydrogens is 570 g/mol. The number of hydrogen-bond donors (Lipinski definition) is 3. The Kier molecular flexibility index (Phi) is 8.93. The zero-order chi connectivity index (χ0) is 29.7. The third kappa shape index (κ3) is 6.33. The first-order valence-electron chi connectivity index (χ1n) is 12.6. The smallest absolute Gasteiger partial charge is 0.410 e. The van der Waals surface area contributed by atoms with Gasteiger partial charge in [0.25, 0.3) is 21.8 Å². The molecule has 1 aliphatic heterocycles. The average Bonchev–Trinajstić information content (AvgIpc) is 3.34. The molecule has 3 aromatic rings. The number of imide groups is 1. The number of rotatable bonds is 7. The van der Waals surface area contributed by atoms with E-state index < -0.39 is 34.0 Å². The van der Waals surface area contributed by atoms with Crippen molar-refractivity contribution in [2.24, 2.45) is 0 Å². The molecule has 1 aliphatic rings. The van der Waals surface area contributed by atoms with Crippen LogP contribution in [0.4, 0.5) is 20.3 Å². The molecule has 0 saturated heterocycles. The lowest BCUT2D eigenvalue weighted by atomic mass is 10.0. The molecule has 0 unspecified atom stereocenters. The summed E-state index contributed by atoms with van der Waals surface area (Å²) in [7, 11) is -1.06. The minimum Gasteiger partial charge on any atom is -0.450 e. The van der Waals surface area contributed by atoms with Crippen molar-refractivity contribution in [1.82, 2.24) is 15.5 Å². The van der Waals surface area contributed by atoms with Gasteiger partial charge in [-0.05, 0) is 55.3 Å². The summed E-state index contributed by atoms with van der Waals surface area (Å²) >= 11 is 1.12. The van der Waals surface area contributed by atoms with Crippen LogP contribution in [0.15, 0.2) is 59.5 Å². The summed E-state index contributed by atoms with van der Waals surface area (Å²) in [6.07, 6.45) is -0.167. The van der Waals surface area contributed by atoms with Crippen LogP contribution in [0.1, 0.15) is 38.1 Å². The first-order valence-corrected chi connectivity index (χ1v) is 14.9. The third-order valence-corrected chi connectivity index (χ3v) is 9.32. The van der Waals surface area contributed by atoms with E-state index in [1.165, 1.54) is 43.3 Å². The second-order valence-corrected chi connectivity index (χ2v) is 12.0. The van der Waals surface area contributed by atoms with Crippen LogP contribution in [0.5, 0.6) is 0 Å². The lowest BCUT2D eigenvalue weighted by Gasteiger charge is -2.26. The molecule has 12 nitrogen and oxygen atoms in total. The lowest BCUT2D eigenvalue weighted by Crippen LogP contribution is -2.39. The van der Waals surface area contributed by atoms with Crippen LogP contribution >= 0.6 is 11.3 Å².